The lowest BCUT2D eigenvalue weighted by molar-refractivity contribution is -0.116. The molecule has 0 saturated carbocycles. The van der Waals surface area contributed by atoms with Crippen LogP contribution in [0.5, 0.6) is 5.88 Å². The van der Waals surface area contributed by atoms with E-state index >= 15 is 0 Å². The van der Waals surface area contributed by atoms with E-state index in [2.05, 4.69) is 15.0 Å². The normalized spacial score (nSPS) is 11.7. The summed E-state index contributed by atoms with van der Waals surface area (Å²) in [4.78, 5) is 20.9. The van der Waals surface area contributed by atoms with Gasteiger partial charge in [-0.2, -0.15) is 4.98 Å². The molecule has 0 atom stereocenters. The summed E-state index contributed by atoms with van der Waals surface area (Å²) in [5, 5.41) is 9.33. The van der Waals surface area contributed by atoms with E-state index in [1.54, 1.807) is 13.8 Å². The molecule has 0 aromatic carbocycles. The lowest BCUT2D eigenvalue weighted by Gasteiger charge is -1.96. The Kier molecular flexibility index (Phi) is 2.85. The summed E-state index contributed by atoms with van der Waals surface area (Å²) < 4.78 is 0. The molecule has 1 heterocycles. The summed E-state index contributed by atoms with van der Waals surface area (Å²) in [6.07, 6.45) is 0. The molecule has 14 heavy (non-hydrogen) atoms. The van der Waals surface area contributed by atoms with Crippen LogP contribution in [0.15, 0.2) is 4.99 Å². The number of aromatic hydroxyl groups is 1. The van der Waals surface area contributed by atoms with Crippen LogP contribution in [0.4, 0.5) is 0 Å². The van der Waals surface area contributed by atoms with Crippen molar-refractivity contribution in [2.75, 3.05) is 6.54 Å². The van der Waals surface area contributed by atoms with E-state index in [-0.39, 0.29) is 12.4 Å². The maximum Gasteiger partial charge on any atom is 0.239 e. The minimum Gasteiger partial charge on any atom is -0.492 e. The SMILES string of the molecule is CC(=NCC(N)=O)c1[nH]c(C)nc1O. The molecule has 0 bridgehead atoms. The Morgan fingerprint density at radius 2 is 2.36 bits per heavy atom. The molecule has 0 aliphatic carbocycles. The molecular weight excluding hydrogens is 184 g/mol. The Labute approximate surface area is 80.9 Å². The smallest absolute Gasteiger partial charge is 0.239 e. The van der Waals surface area contributed by atoms with Gasteiger partial charge in [0.15, 0.2) is 0 Å². The Bertz CT molecular complexity index is 381. The molecule has 4 N–H and O–H groups in total. The van der Waals surface area contributed by atoms with Crippen LogP contribution in [0, 0.1) is 6.92 Å². The zero-order chi connectivity index (χ0) is 10.7. The molecule has 0 spiro atoms. The molecular formula is C8H12N4O2. The van der Waals surface area contributed by atoms with Crippen LogP contribution in [-0.2, 0) is 4.79 Å². The highest BCUT2D eigenvalue weighted by molar-refractivity contribution is 5.99. The molecule has 1 aromatic rings. The highest BCUT2D eigenvalue weighted by Crippen LogP contribution is 2.13. The molecule has 0 saturated heterocycles. The minimum absolute atomic E-state index is 0.0939. The van der Waals surface area contributed by atoms with E-state index in [0.29, 0.717) is 17.2 Å². The topological polar surface area (TPSA) is 104 Å². The Hall–Kier alpha value is -1.85. The second-order valence-electron chi connectivity index (χ2n) is 2.89. The fourth-order valence-corrected chi connectivity index (χ4v) is 1.01. The largest absolute Gasteiger partial charge is 0.492 e. The zero-order valence-corrected chi connectivity index (χ0v) is 8.03. The number of carbonyl (C=O) groups excluding carboxylic acids is 1. The van der Waals surface area contributed by atoms with Gasteiger partial charge in [0.25, 0.3) is 0 Å². The quantitative estimate of drug-likeness (QED) is 0.579. The first-order valence-electron chi connectivity index (χ1n) is 4.06. The molecule has 0 aliphatic heterocycles. The molecule has 0 radical (unpaired) electrons. The van der Waals surface area contributed by atoms with Crippen molar-refractivity contribution in [3.63, 3.8) is 0 Å². The number of amides is 1. The Balaban J connectivity index is 2.88. The fourth-order valence-electron chi connectivity index (χ4n) is 1.01. The summed E-state index contributed by atoms with van der Waals surface area (Å²) in [5.41, 5.74) is 5.85. The van der Waals surface area contributed by atoms with Gasteiger partial charge >= 0.3 is 0 Å². The predicted molar refractivity (Wildman–Crippen MR) is 51.3 cm³/mol. The van der Waals surface area contributed by atoms with Crippen molar-refractivity contribution in [1.82, 2.24) is 9.97 Å². The summed E-state index contributed by atoms with van der Waals surface area (Å²) in [7, 11) is 0. The average molecular weight is 196 g/mol. The number of aryl methyl sites for hydroxylation is 1. The summed E-state index contributed by atoms with van der Waals surface area (Å²) in [5.74, 6) is -0.0422. The minimum atomic E-state index is -0.514. The fraction of sp³-hybridized carbons (Fsp3) is 0.375. The second kappa shape index (κ2) is 3.91. The first-order chi connectivity index (χ1) is 6.50. The van der Waals surface area contributed by atoms with Gasteiger partial charge in [0.05, 0.1) is 5.71 Å². The van der Waals surface area contributed by atoms with Crippen LogP contribution >= 0.6 is 0 Å². The van der Waals surface area contributed by atoms with Crippen molar-refractivity contribution >= 4 is 11.6 Å². The van der Waals surface area contributed by atoms with E-state index in [0.717, 1.165) is 0 Å². The number of aromatic nitrogens is 2. The molecule has 1 aromatic heterocycles. The Morgan fingerprint density at radius 1 is 1.71 bits per heavy atom. The molecule has 0 unspecified atom stereocenters. The van der Waals surface area contributed by atoms with Crippen molar-refractivity contribution in [2.24, 2.45) is 10.7 Å². The van der Waals surface area contributed by atoms with Gasteiger partial charge in [-0.25, -0.2) is 0 Å². The number of rotatable bonds is 3. The lowest BCUT2D eigenvalue weighted by atomic mass is 10.3. The van der Waals surface area contributed by atoms with E-state index in [4.69, 9.17) is 5.73 Å². The number of aromatic amines is 1. The van der Waals surface area contributed by atoms with Gasteiger partial charge in [-0.05, 0) is 13.8 Å². The van der Waals surface area contributed by atoms with Crippen LogP contribution < -0.4 is 5.73 Å². The van der Waals surface area contributed by atoms with Gasteiger partial charge in [0, 0.05) is 0 Å². The maximum absolute atomic E-state index is 10.5. The van der Waals surface area contributed by atoms with E-state index in [1.807, 2.05) is 0 Å². The van der Waals surface area contributed by atoms with Gasteiger partial charge < -0.3 is 15.8 Å². The third-order valence-corrected chi connectivity index (χ3v) is 1.64. The van der Waals surface area contributed by atoms with Gasteiger partial charge in [0.2, 0.25) is 11.8 Å². The number of primary amides is 1. The molecule has 6 heteroatoms. The number of carbonyl (C=O) groups is 1. The molecule has 76 valence electrons. The van der Waals surface area contributed by atoms with Crippen molar-refractivity contribution in [2.45, 2.75) is 13.8 Å². The van der Waals surface area contributed by atoms with Crippen molar-refractivity contribution < 1.29 is 9.90 Å². The highest BCUT2D eigenvalue weighted by atomic mass is 16.3. The van der Waals surface area contributed by atoms with Crippen LogP contribution in [0.25, 0.3) is 0 Å². The zero-order valence-electron chi connectivity index (χ0n) is 8.03. The van der Waals surface area contributed by atoms with Gasteiger partial charge in [-0.15, -0.1) is 0 Å². The van der Waals surface area contributed by atoms with Crippen molar-refractivity contribution in [3.8, 4) is 5.88 Å². The van der Waals surface area contributed by atoms with Crippen LogP contribution in [0.2, 0.25) is 0 Å². The van der Waals surface area contributed by atoms with Crippen molar-refractivity contribution in [3.05, 3.63) is 11.5 Å². The average Bonchev–Trinajstić information content (AvgIpc) is 2.41. The number of nitrogens with one attached hydrogen (secondary N) is 1. The van der Waals surface area contributed by atoms with Crippen molar-refractivity contribution in [1.29, 1.82) is 0 Å². The van der Waals surface area contributed by atoms with Crippen LogP contribution in [0.1, 0.15) is 18.4 Å². The predicted octanol–water partition coefficient (Wildman–Crippen LogP) is -0.282. The maximum atomic E-state index is 10.5. The molecule has 1 rings (SSSR count). The van der Waals surface area contributed by atoms with E-state index < -0.39 is 5.91 Å². The molecule has 0 fully saturated rings. The number of nitrogens with zero attached hydrogens (tertiary/aromatic N) is 2. The van der Waals surface area contributed by atoms with E-state index in [9.17, 15) is 9.90 Å². The number of hydrogen-bond donors (Lipinski definition) is 3. The van der Waals surface area contributed by atoms with E-state index in [1.165, 1.54) is 0 Å². The third-order valence-electron chi connectivity index (χ3n) is 1.64. The number of H-pyrrole nitrogens is 1. The summed E-state index contributed by atoms with van der Waals surface area (Å²) >= 11 is 0. The van der Waals surface area contributed by atoms with Gasteiger partial charge in [-0.1, -0.05) is 0 Å². The Morgan fingerprint density at radius 3 is 2.79 bits per heavy atom. The van der Waals surface area contributed by atoms with Gasteiger partial charge in [-0.3, -0.25) is 9.79 Å². The third kappa shape index (κ3) is 2.32. The lowest BCUT2D eigenvalue weighted by Crippen LogP contribution is -2.15. The number of hydrogen-bond acceptors (Lipinski definition) is 4. The first-order valence-corrected chi connectivity index (χ1v) is 4.06. The summed E-state index contributed by atoms with van der Waals surface area (Å²) in [6.45, 7) is 3.28. The second-order valence-corrected chi connectivity index (χ2v) is 2.89. The first kappa shape index (κ1) is 10.2. The summed E-state index contributed by atoms with van der Waals surface area (Å²) in [6, 6.07) is 0. The number of nitrogens with two attached hydrogens (primary N) is 1. The van der Waals surface area contributed by atoms with Gasteiger partial charge in [0.1, 0.15) is 18.1 Å². The number of imidazole rings is 1. The van der Waals surface area contributed by atoms with Crippen LogP contribution in [-0.4, -0.2) is 33.2 Å². The standard InChI is InChI=1S/C8H12N4O2/c1-4(10-3-6(9)13)7-8(14)12-5(2)11-7/h14H,3H2,1-2H3,(H2,9,13)(H,11,12). The van der Waals surface area contributed by atoms with Crippen LogP contribution in [0.3, 0.4) is 0 Å². The number of aliphatic imine (C=N–C) groups is 1. The molecule has 6 nitrogen and oxygen atoms in total. The molecule has 1 amide bonds. The monoisotopic (exact) mass is 196 g/mol. The highest BCUT2D eigenvalue weighted by Gasteiger charge is 2.09. The molecule has 0 aliphatic rings.